The SMILES string of the molecule is CCCCCCCC/C=C\CCCCCCCCCCCC(=O)OCC(COC1OC(C(=O)O)C(O)C(O)C1OC(=O)CCCCCCCCCCCCCCCCCCC)OC(=O)CCCCCCCCCCCCCCC. The zero-order valence-corrected chi connectivity index (χ0v) is 51.4. The number of unbranched alkanes of at least 4 members (excludes halogenated alkanes) is 43. The first-order valence-electron chi connectivity index (χ1n) is 33.7. The summed E-state index contributed by atoms with van der Waals surface area (Å²) in [5.41, 5.74) is 0. The molecule has 1 fully saturated rings. The number of aliphatic hydroxyl groups is 2. The Labute approximate surface area is 484 Å². The van der Waals surface area contributed by atoms with Gasteiger partial charge in [-0.05, 0) is 44.9 Å². The van der Waals surface area contributed by atoms with Crippen LogP contribution in [0.2, 0.25) is 0 Å². The minimum atomic E-state index is -1.90. The number of rotatable bonds is 59. The molecule has 0 aliphatic carbocycles. The van der Waals surface area contributed by atoms with Crippen LogP contribution in [0.25, 0.3) is 0 Å². The van der Waals surface area contributed by atoms with Crippen LogP contribution < -0.4 is 0 Å². The molecular weight excluding hydrogens is 997 g/mol. The third-order valence-corrected chi connectivity index (χ3v) is 15.8. The van der Waals surface area contributed by atoms with Crippen LogP contribution in [0.4, 0.5) is 0 Å². The molecule has 12 heteroatoms. The Morgan fingerprint density at radius 3 is 1.08 bits per heavy atom. The molecule has 6 atom stereocenters. The van der Waals surface area contributed by atoms with Crippen molar-refractivity contribution in [3.05, 3.63) is 12.2 Å². The maximum absolute atomic E-state index is 13.2. The number of carbonyl (C=O) groups is 4. The lowest BCUT2D eigenvalue weighted by Crippen LogP contribution is -2.61. The van der Waals surface area contributed by atoms with Crippen LogP contribution >= 0.6 is 0 Å². The molecule has 1 heterocycles. The number of hydrogen-bond donors (Lipinski definition) is 3. The molecule has 6 unspecified atom stereocenters. The molecule has 1 aliphatic rings. The van der Waals surface area contributed by atoms with E-state index in [0.29, 0.717) is 19.3 Å². The van der Waals surface area contributed by atoms with Gasteiger partial charge < -0.3 is 39.0 Å². The highest BCUT2D eigenvalue weighted by atomic mass is 16.7. The third kappa shape index (κ3) is 45.6. The molecule has 0 bridgehead atoms. The molecule has 0 amide bonds. The van der Waals surface area contributed by atoms with Gasteiger partial charge in [-0.3, -0.25) is 14.4 Å². The second-order valence-corrected chi connectivity index (χ2v) is 23.5. The minimum Gasteiger partial charge on any atom is -0.479 e. The van der Waals surface area contributed by atoms with Crippen molar-refractivity contribution in [3.8, 4) is 0 Å². The van der Waals surface area contributed by atoms with E-state index in [2.05, 4.69) is 32.9 Å². The predicted octanol–water partition coefficient (Wildman–Crippen LogP) is 18.0. The molecule has 0 aromatic heterocycles. The average molecular weight is 1120 g/mol. The van der Waals surface area contributed by atoms with Gasteiger partial charge in [0, 0.05) is 19.3 Å². The Hall–Kier alpha value is -2.54. The molecule has 1 saturated heterocycles. The van der Waals surface area contributed by atoms with Crippen LogP contribution in [0.5, 0.6) is 0 Å². The summed E-state index contributed by atoms with van der Waals surface area (Å²) < 4.78 is 28.6. The highest BCUT2D eigenvalue weighted by Crippen LogP contribution is 2.27. The van der Waals surface area contributed by atoms with Gasteiger partial charge in [0.05, 0.1) is 6.61 Å². The topological polar surface area (TPSA) is 175 Å². The highest BCUT2D eigenvalue weighted by Gasteiger charge is 2.50. The molecular formula is C67H124O12. The summed E-state index contributed by atoms with van der Waals surface area (Å²) in [7, 11) is 0. The van der Waals surface area contributed by atoms with Gasteiger partial charge in [-0.25, -0.2) is 4.79 Å². The summed E-state index contributed by atoms with van der Waals surface area (Å²) in [6.45, 7) is 6.05. The van der Waals surface area contributed by atoms with Gasteiger partial charge in [0.25, 0.3) is 0 Å². The van der Waals surface area contributed by atoms with Crippen LogP contribution in [0.15, 0.2) is 12.2 Å². The summed E-state index contributed by atoms with van der Waals surface area (Å²) >= 11 is 0. The van der Waals surface area contributed by atoms with Gasteiger partial charge in [-0.2, -0.15) is 0 Å². The van der Waals surface area contributed by atoms with E-state index in [1.54, 1.807) is 0 Å². The largest absolute Gasteiger partial charge is 0.479 e. The average Bonchev–Trinajstić information content (AvgIpc) is 3.47. The van der Waals surface area contributed by atoms with E-state index in [0.717, 1.165) is 57.8 Å². The highest BCUT2D eigenvalue weighted by molar-refractivity contribution is 5.74. The van der Waals surface area contributed by atoms with Crippen molar-refractivity contribution in [1.29, 1.82) is 0 Å². The Kier molecular flexibility index (Phi) is 52.8. The number of aliphatic hydroxyl groups excluding tert-OH is 2. The van der Waals surface area contributed by atoms with Crippen LogP contribution in [-0.4, -0.2) is 89.2 Å². The molecule has 0 radical (unpaired) electrons. The predicted molar refractivity (Wildman–Crippen MR) is 322 cm³/mol. The van der Waals surface area contributed by atoms with E-state index < -0.39 is 67.3 Å². The number of ether oxygens (including phenoxy) is 5. The van der Waals surface area contributed by atoms with E-state index in [9.17, 15) is 34.5 Å². The first-order chi connectivity index (χ1) is 38.6. The second-order valence-electron chi connectivity index (χ2n) is 23.5. The fourth-order valence-corrected chi connectivity index (χ4v) is 10.7. The van der Waals surface area contributed by atoms with Gasteiger partial charge in [0.2, 0.25) is 0 Å². The zero-order valence-electron chi connectivity index (χ0n) is 51.4. The molecule has 0 spiro atoms. The number of carbonyl (C=O) groups excluding carboxylic acids is 3. The molecule has 79 heavy (non-hydrogen) atoms. The van der Waals surface area contributed by atoms with E-state index in [1.807, 2.05) is 0 Å². The van der Waals surface area contributed by atoms with Crippen molar-refractivity contribution in [3.63, 3.8) is 0 Å². The first kappa shape index (κ1) is 74.5. The van der Waals surface area contributed by atoms with Crippen molar-refractivity contribution in [2.24, 2.45) is 0 Å². The Balaban J connectivity index is 2.61. The molecule has 3 N–H and O–H groups in total. The lowest BCUT2D eigenvalue weighted by molar-refractivity contribution is -0.301. The Morgan fingerprint density at radius 1 is 0.405 bits per heavy atom. The number of allylic oxidation sites excluding steroid dienone is 2. The van der Waals surface area contributed by atoms with Crippen molar-refractivity contribution in [2.75, 3.05) is 13.2 Å². The van der Waals surface area contributed by atoms with E-state index in [-0.39, 0.29) is 25.9 Å². The van der Waals surface area contributed by atoms with Crippen molar-refractivity contribution >= 4 is 23.9 Å². The molecule has 0 aromatic carbocycles. The van der Waals surface area contributed by atoms with Gasteiger partial charge >= 0.3 is 23.9 Å². The minimum absolute atomic E-state index is 0.0695. The molecule has 464 valence electrons. The summed E-state index contributed by atoms with van der Waals surface area (Å²) in [5, 5.41) is 31.6. The summed E-state index contributed by atoms with van der Waals surface area (Å²) in [5.74, 6) is -3.07. The maximum Gasteiger partial charge on any atom is 0.335 e. The second kappa shape index (κ2) is 56.0. The molecule has 0 aromatic rings. The van der Waals surface area contributed by atoms with Crippen LogP contribution in [-0.2, 0) is 42.9 Å². The number of carboxylic acid groups (broad SMARTS) is 1. The van der Waals surface area contributed by atoms with E-state index in [1.165, 1.54) is 225 Å². The van der Waals surface area contributed by atoms with Gasteiger partial charge in [-0.15, -0.1) is 0 Å². The van der Waals surface area contributed by atoms with Gasteiger partial charge in [0.1, 0.15) is 18.8 Å². The molecule has 1 aliphatic heterocycles. The monoisotopic (exact) mass is 1120 g/mol. The van der Waals surface area contributed by atoms with E-state index >= 15 is 0 Å². The standard InChI is InChI=1S/C67H124O12/c1-4-7-10-13-16-19-22-25-27-29-30-32-33-36-38-41-44-47-50-53-59(68)75-56-58(77-60(69)54-51-48-45-42-39-35-24-21-18-15-12-9-6-3)57-76-67-65(63(72)62(71)64(79-67)66(73)74)78-61(70)55-52-49-46-43-40-37-34-31-28-26-23-20-17-14-11-8-5-2/h25,27,58,62-65,67,71-72H,4-24,26,28-57H2,1-3H3,(H,73,74)/b27-25-. The maximum atomic E-state index is 13.2. The van der Waals surface area contributed by atoms with Crippen molar-refractivity contribution < 1.29 is 58.2 Å². The summed E-state index contributed by atoms with van der Waals surface area (Å²) in [4.78, 5) is 51.3. The number of aliphatic carboxylic acids is 1. The van der Waals surface area contributed by atoms with Crippen molar-refractivity contribution in [1.82, 2.24) is 0 Å². The van der Waals surface area contributed by atoms with Gasteiger partial charge in [0.15, 0.2) is 24.6 Å². The smallest absolute Gasteiger partial charge is 0.335 e. The first-order valence-corrected chi connectivity index (χ1v) is 33.7. The number of carboxylic acids is 1. The van der Waals surface area contributed by atoms with Crippen LogP contribution in [0, 0.1) is 0 Å². The van der Waals surface area contributed by atoms with Crippen LogP contribution in [0.1, 0.15) is 342 Å². The Morgan fingerprint density at radius 2 is 0.722 bits per heavy atom. The van der Waals surface area contributed by atoms with E-state index in [4.69, 9.17) is 23.7 Å². The lowest BCUT2D eigenvalue weighted by atomic mass is 9.98. The zero-order chi connectivity index (χ0) is 57.5. The quantitative estimate of drug-likeness (QED) is 0.0228. The summed E-state index contributed by atoms with van der Waals surface area (Å²) in [6, 6.07) is 0. The normalized spacial score (nSPS) is 17.8. The lowest BCUT2D eigenvalue weighted by Gasteiger charge is -2.40. The fraction of sp³-hybridized carbons (Fsp3) is 0.910. The number of hydrogen-bond acceptors (Lipinski definition) is 11. The molecule has 1 rings (SSSR count). The summed E-state index contributed by atoms with van der Waals surface area (Å²) in [6.07, 6.45) is 51.7. The third-order valence-electron chi connectivity index (χ3n) is 15.8. The fourth-order valence-electron chi connectivity index (χ4n) is 10.7. The van der Waals surface area contributed by atoms with Gasteiger partial charge in [-0.1, -0.05) is 290 Å². The number of esters is 3. The van der Waals surface area contributed by atoms with Crippen molar-refractivity contribution in [2.45, 2.75) is 379 Å². The Bertz CT molecular complexity index is 1420. The van der Waals surface area contributed by atoms with Crippen LogP contribution in [0.3, 0.4) is 0 Å². The molecule has 0 saturated carbocycles. The molecule has 12 nitrogen and oxygen atoms in total.